The summed E-state index contributed by atoms with van der Waals surface area (Å²) in [6, 6.07) is 0. The third-order valence-corrected chi connectivity index (χ3v) is 4.69. The van der Waals surface area contributed by atoms with Crippen LogP contribution in [0.25, 0.3) is 0 Å². The Kier molecular flexibility index (Phi) is 5.46. The van der Waals surface area contributed by atoms with Crippen LogP contribution in [0, 0.1) is 5.92 Å². The molecule has 0 aromatic rings. The summed E-state index contributed by atoms with van der Waals surface area (Å²) in [5.74, 6) is 0.630. The molecule has 1 heteroatoms. The van der Waals surface area contributed by atoms with Gasteiger partial charge in [-0.2, -0.15) is 0 Å². The molecule has 0 aromatic carbocycles. The second-order valence-corrected chi connectivity index (χ2v) is 6.13. The standard InChI is InChI=1S/C17H29N/c1-14-15(2)18-17-13-11-9-7-5-3-4-6-8-10-12-16(14)17/h14H,3-13H2,1-2H3. The molecule has 0 saturated carbocycles. The first-order valence-corrected chi connectivity index (χ1v) is 8.06. The van der Waals surface area contributed by atoms with E-state index < -0.39 is 0 Å². The Morgan fingerprint density at radius 1 is 0.778 bits per heavy atom. The molecule has 1 heterocycles. The highest BCUT2D eigenvalue weighted by Crippen LogP contribution is 2.33. The van der Waals surface area contributed by atoms with Gasteiger partial charge in [0.1, 0.15) is 0 Å². The van der Waals surface area contributed by atoms with E-state index in [1.807, 2.05) is 0 Å². The van der Waals surface area contributed by atoms with E-state index in [0.717, 1.165) is 0 Å². The maximum atomic E-state index is 4.84. The van der Waals surface area contributed by atoms with E-state index in [2.05, 4.69) is 13.8 Å². The van der Waals surface area contributed by atoms with Crippen molar-refractivity contribution >= 4 is 5.71 Å². The first-order valence-electron chi connectivity index (χ1n) is 8.06. The van der Waals surface area contributed by atoms with Crippen molar-refractivity contribution in [2.45, 2.75) is 84.5 Å². The van der Waals surface area contributed by atoms with Crippen molar-refractivity contribution in [2.75, 3.05) is 0 Å². The van der Waals surface area contributed by atoms with E-state index in [4.69, 9.17) is 4.99 Å². The van der Waals surface area contributed by atoms with Crippen LogP contribution in [0.4, 0.5) is 0 Å². The lowest BCUT2D eigenvalue weighted by Gasteiger charge is -2.11. The first kappa shape index (κ1) is 13.8. The van der Waals surface area contributed by atoms with E-state index in [1.165, 1.54) is 82.0 Å². The molecule has 1 unspecified atom stereocenters. The molecule has 1 aliphatic carbocycles. The summed E-state index contributed by atoms with van der Waals surface area (Å²) >= 11 is 0. The van der Waals surface area contributed by atoms with Crippen molar-refractivity contribution in [3.05, 3.63) is 11.3 Å². The molecule has 1 nitrogen and oxygen atoms in total. The van der Waals surface area contributed by atoms with Crippen LogP contribution in [-0.4, -0.2) is 5.71 Å². The minimum absolute atomic E-state index is 0.630. The number of hydrogen-bond acceptors (Lipinski definition) is 1. The number of aliphatic imine (C=N–C) groups is 1. The first-order chi connectivity index (χ1) is 8.79. The molecule has 0 saturated heterocycles. The molecule has 18 heavy (non-hydrogen) atoms. The normalized spacial score (nSPS) is 27.9. The van der Waals surface area contributed by atoms with Gasteiger partial charge in [-0.05, 0) is 38.2 Å². The highest BCUT2D eigenvalue weighted by molar-refractivity contribution is 5.90. The summed E-state index contributed by atoms with van der Waals surface area (Å²) in [4.78, 5) is 4.84. The van der Waals surface area contributed by atoms with Gasteiger partial charge in [0.25, 0.3) is 0 Å². The lowest BCUT2D eigenvalue weighted by atomic mass is 9.92. The number of rotatable bonds is 0. The maximum absolute atomic E-state index is 4.84. The van der Waals surface area contributed by atoms with Gasteiger partial charge < -0.3 is 0 Å². The Labute approximate surface area is 113 Å². The van der Waals surface area contributed by atoms with Crippen LogP contribution in [0.15, 0.2) is 16.3 Å². The van der Waals surface area contributed by atoms with Crippen LogP contribution in [0.1, 0.15) is 84.5 Å². The maximum Gasteiger partial charge on any atom is 0.0401 e. The van der Waals surface area contributed by atoms with Crippen molar-refractivity contribution in [1.82, 2.24) is 0 Å². The van der Waals surface area contributed by atoms with Crippen LogP contribution < -0.4 is 0 Å². The average Bonchev–Trinajstić information content (AvgIpc) is 2.63. The Bertz CT molecular complexity index is 325. The summed E-state index contributed by atoms with van der Waals surface area (Å²) in [6.45, 7) is 4.56. The molecule has 0 aromatic heterocycles. The van der Waals surface area contributed by atoms with E-state index in [9.17, 15) is 0 Å². The van der Waals surface area contributed by atoms with Crippen molar-refractivity contribution in [1.29, 1.82) is 0 Å². The summed E-state index contributed by atoms with van der Waals surface area (Å²) in [7, 11) is 0. The van der Waals surface area contributed by atoms with Gasteiger partial charge >= 0.3 is 0 Å². The van der Waals surface area contributed by atoms with Crippen molar-refractivity contribution < 1.29 is 0 Å². The summed E-state index contributed by atoms with van der Waals surface area (Å²) < 4.78 is 0. The van der Waals surface area contributed by atoms with Crippen LogP contribution in [0.2, 0.25) is 0 Å². The zero-order valence-electron chi connectivity index (χ0n) is 12.3. The zero-order chi connectivity index (χ0) is 12.8. The molecule has 0 spiro atoms. The van der Waals surface area contributed by atoms with Gasteiger partial charge in [-0.15, -0.1) is 0 Å². The Hall–Kier alpha value is -0.590. The molecule has 0 bridgehead atoms. The van der Waals surface area contributed by atoms with Gasteiger partial charge in [-0.25, -0.2) is 0 Å². The fraction of sp³-hybridized carbons (Fsp3) is 0.824. The van der Waals surface area contributed by atoms with E-state index >= 15 is 0 Å². The molecule has 1 atom stereocenters. The Morgan fingerprint density at radius 2 is 1.28 bits per heavy atom. The predicted molar refractivity (Wildman–Crippen MR) is 80.1 cm³/mol. The number of allylic oxidation sites excluding steroid dienone is 2. The molecule has 0 amide bonds. The molecule has 102 valence electrons. The van der Waals surface area contributed by atoms with E-state index in [0.29, 0.717) is 5.92 Å². The average molecular weight is 247 g/mol. The second kappa shape index (κ2) is 7.11. The quantitative estimate of drug-likeness (QED) is 0.524. The largest absolute Gasteiger partial charge is 0.262 e. The molecule has 0 radical (unpaired) electrons. The molecule has 0 N–H and O–H groups in total. The van der Waals surface area contributed by atoms with Gasteiger partial charge in [-0.1, -0.05) is 51.9 Å². The minimum Gasteiger partial charge on any atom is -0.262 e. The summed E-state index contributed by atoms with van der Waals surface area (Å²) in [6.07, 6.45) is 15.3. The van der Waals surface area contributed by atoms with Gasteiger partial charge in [0.15, 0.2) is 0 Å². The van der Waals surface area contributed by atoms with Crippen molar-refractivity contribution in [3.8, 4) is 0 Å². The topological polar surface area (TPSA) is 12.4 Å². The molecular formula is C17H29N. The highest BCUT2D eigenvalue weighted by Gasteiger charge is 2.22. The molecule has 0 fully saturated rings. The van der Waals surface area contributed by atoms with Crippen LogP contribution >= 0.6 is 0 Å². The smallest absolute Gasteiger partial charge is 0.0401 e. The third kappa shape index (κ3) is 3.70. The SMILES string of the molecule is CC1=NC2=C(CCCCCCCCCCC2)C1C. The lowest BCUT2D eigenvalue weighted by Crippen LogP contribution is -2.05. The monoisotopic (exact) mass is 247 g/mol. The highest BCUT2D eigenvalue weighted by atomic mass is 14.8. The fourth-order valence-corrected chi connectivity index (χ4v) is 3.31. The Morgan fingerprint density at radius 3 is 1.89 bits per heavy atom. The number of hydrogen-bond donors (Lipinski definition) is 0. The van der Waals surface area contributed by atoms with Gasteiger partial charge in [-0.3, -0.25) is 4.99 Å². The predicted octanol–water partition coefficient (Wildman–Crippen LogP) is 5.66. The fourth-order valence-electron chi connectivity index (χ4n) is 3.31. The van der Waals surface area contributed by atoms with E-state index in [-0.39, 0.29) is 0 Å². The Balaban J connectivity index is 1.97. The lowest BCUT2D eigenvalue weighted by molar-refractivity contribution is 0.561. The minimum atomic E-state index is 0.630. The molecule has 1 aliphatic heterocycles. The third-order valence-electron chi connectivity index (χ3n) is 4.69. The van der Waals surface area contributed by atoms with Gasteiger partial charge in [0, 0.05) is 17.3 Å². The zero-order valence-corrected chi connectivity index (χ0v) is 12.3. The molecule has 2 aliphatic rings. The van der Waals surface area contributed by atoms with Crippen LogP contribution in [-0.2, 0) is 0 Å². The van der Waals surface area contributed by atoms with Gasteiger partial charge in [0.05, 0.1) is 0 Å². The second-order valence-electron chi connectivity index (χ2n) is 6.13. The van der Waals surface area contributed by atoms with Crippen molar-refractivity contribution in [3.63, 3.8) is 0 Å². The van der Waals surface area contributed by atoms with E-state index in [1.54, 1.807) is 5.57 Å². The van der Waals surface area contributed by atoms with Crippen molar-refractivity contribution in [2.24, 2.45) is 10.9 Å². The van der Waals surface area contributed by atoms with Crippen LogP contribution in [0.5, 0.6) is 0 Å². The van der Waals surface area contributed by atoms with Crippen LogP contribution in [0.3, 0.4) is 0 Å². The molecule has 2 rings (SSSR count). The number of nitrogens with zero attached hydrogens (tertiary/aromatic N) is 1. The summed E-state index contributed by atoms with van der Waals surface area (Å²) in [5.41, 5.74) is 4.48. The van der Waals surface area contributed by atoms with Gasteiger partial charge in [0.2, 0.25) is 0 Å². The summed E-state index contributed by atoms with van der Waals surface area (Å²) in [5, 5.41) is 0. The molecular weight excluding hydrogens is 218 g/mol.